The molecule has 0 aliphatic rings. The predicted octanol–water partition coefficient (Wildman–Crippen LogP) is 1.45. The predicted molar refractivity (Wildman–Crippen MR) is 37.6 cm³/mol. The van der Waals surface area contributed by atoms with Crippen molar-refractivity contribution in [1.82, 2.24) is 4.98 Å². The van der Waals surface area contributed by atoms with E-state index in [1.807, 2.05) is 0 Å². The van der Waals surface area contributed by atoms with E-state index in [9.17, 15) is 4.79 Å². The first-order valence-corrected chi connectivity index (χ1v) is 3.02. The normalized spacial score (nSPS) is 9.18. The van der Waals surface area contributed by atoms with Gasteiger partial charge < -0.3 is 9.84 Å². The zero-order valence-electron chi connectivity index (χ0n) is 5.94. The number of pyridine rings is 1. The van der Waals surface area contributed by atoms with E-state index in [2.05, 4.69) is 9.72 Å². The lowest BCUT2D eigenvalue weighted by Gasteiger charge is -2.00. The van der Waals surface area contributed by atoms with Crippen LogP contribution in [-0.4, -0.2) is 16.2 Å². The maximum absolute atomic E-state index is 10.1. The monoisotopic (exact) mass is 153 g/mol. The van der Waals surface area contributed by atoms with E-state index < -0.39 is 6.16 Å². The SMILES string of the molecule is Cc1ncccc1OC(=O)O. The lowest BCUT2D eigenvalue weighted by Crippen LogP contribution is -2.04. The summed E-state index contributed by atoms with van der Waals surface area (Å²) < 4.78 is 4.40. The van der Waals surface area contributed by atoms with Crippen LogP contribution in [0.3, 0.4) is 0 Å². The number of hydrogen-bond acceptors (Lipinski definition) is 3. The second kappa shape index (κ2) is 3.01. The van der Waals surface area contributed by atoms with Crippen LogP contribution in [0.1, 0.15) is 5.69 Å². The van der Waals surface area contributed by atoms with E-state index in [4.69, 9.17) is 5.11 Å². The first-order chi connectivity index (χ1) is 5.20. The van der Waals surface area contributed by atoms with E-state index >= 15 is 0 Å². The summed E-state index contributed by atoms with van der Waals surface area (Å²) in [5.41, 5.74) is 0.565. The average Bonchev–Trinajstić information content (AvgIpc) is 1.93. The Morgan fingerprint density at radius 2 is 2.45 bits per heavy atom. The summed E-state index contributed by atoms with van der Waals surface area (Å²) in [6.45, 7) is 1.68. The van der Waals surface area contributed by atoms with Crippen molar-refractivity contribution in [3.8, 4) is 5.75 Å². The van der Waals surface area contributed by atoms with Gasteiger partial charge in [0.05, 0.1) is 5.69 Å². The van der Waals surface area contributed by atoms with Crippen LogP contribution in [0.5, 0.6) is 5.75 Å². The fourth-order valence-corrected chi connectivity index (χ4v) is 0.671. The van der Waals surface area contributed by atoms with E-state index in [0.29, 0.717) is 5.69 Å². The van der Waals surface area contributed by atoms with Crippen LogP contribution in [0.25, 0.3) is 0 Å². The highest BCUT2D eigenvalue weighted by atomic mass is 16.7. The Morgan fingerprint density at radius 1 is 1.73 bits per heavy atom. The topological polar surface area (TPSA) is 59.4 Å². The maximum Gasteiger partial charge on any atom is 0.511 e. The van der Waals surface area contributed by atoms with Crippen molar-refractivity contribution in [3.05, 3.63) is 24.0 Å². The summed E-state index contributed by atoms with van der Waals surface area (Å²) in [4.78, 5) is 13.9. The Hall–Kier alpha value is -1.58. The molecule has 0 fully saturated rings. The molecular weight excluding hydrogens is 146 g/mol. The van der Waals surface area contributed by atoms with E-state index in [0.717, 1.165) is 0 Å². The van der Waals surface area contributed by atoms with Gasteiger partial charge in [-0.2, -0.15) is 0 Å². The molecule has 1 aromatic heterocycles. The Balaban J connectivity index is 2.86. The number of aryl methyl sites for hydroxylation is 1. The molecule has 0 unspecified atom stereocenters. The van der Waals surface area contributed by atoms with Crippen LogP contribution in [0, 0.1) is 6.92 Å². The molecule has 0 saturated heterocycles. The lowest BCUT2D eigenvalue weighted by molar-refractivity contribution is 0.144. The Kier molecular flexibility index (Phi) is 2.06. The summed E-state index contributed by atoms with van der Waals surface area (Å²) in [5, 5.41) is 8.24. The van der Waals surface area contributed by atoms with Gasteiger partial charge >= 0.3 is 6.16 Å². The number of carboxylic acid groups (broad SMARTS) is 1. The van der Waals surface area contributed by atoms with Crippen LogP contribution in [0.15, 0.2) is 18.3 Å². The summed E-state index contributed by atoms with van der Waals surface area (Å²) in [6, 6.07) is 3.17. The van der Waals surface area contributed by atoms with Crippen molar-refractivity contribution in [1.29, 1.82) is 0 Å². The number of aromatic nitrogens is 1. The minimum atomic E-state index is -1.32. The second-order valence-electron chi connectivity index (χ2n) is 1.95. The van der Waals surface area contributed by atoms with Crippen molar-refractivity contribution in [2.24, 2.45) is 0 Å². The van der Waals surface area contributed by atoms with Crippen molar-refractivity contribution in [3.63, 3.8) is 0 Å². The summed E-state index contributed by atoms with van der Waals surface area (Å²) >= 11 is 0. The van der Waals surface area contributed by atoms with Gasteiger partial charge in [0.2, 0.25) is 0 Å². The minimum Gasteiger partial charge on any atom is -0.449 e. The fourth-order valence-electron chi connectivity index (χ4n) is 0.671. The Morgan fingerprint density at radius 3 is 3.00 bits per heavy atom. The lowest BCUT2D eigenvalue weighted by atomic mass is 10.3. The van der Waals surface area contributed by atoms with Crippen LogP contribution in [-0.2, 0) is 0 Å². The van der Waals surface area contributed by atoms with Crippen LogP contribution >= 0.6 is 0 Å². The number of hydrogen-bond donors (Lipinski definition) is 1. The molecule has 1 heterocycles. The Bertz CT molecular complexity index is 272. The van der Waals surface area contributed by atoms with Gasteiger partial charge in [0.25, 0.3) is 0 Å². The summed E-state index contributed by atoms with van der Waals surface area (Å²) in [7, 11) is 0. The maximum atomic E-state index is 10.1. The molecule has 0 aliphatic carbocycles. The third-order valence-corrected chi connectivity index (χ3v) is 1.16. The average molecular weight is 153 g/mol. The van der Waals surface area contributed by atoms with Crippen molar-refractivity contribution < 1.29 is 14.6 Å². The third kappa shape index (κ3) is 1.93. The molecule has 0 radical (unpaired) electrons. The molecule has 11 heavy (non-hydrogen) atoms. The van der Waals surface area contributed by atoms with Gasteiger partial charge in [-0.15, -0.1) is 0 Å². The number of nitrogens with zero attached hydrogens (tertiary/aromatic N) is 1. The van der Waals surface area contributed by atoms with E-state index in [1.54, 1.807) is 25.3 Å². The molecule has 0 saturated carbocycles. The van der Waals surface area contributed by atoms with Gasteiger partial charge in [-0.3, -0.25) is 4.98 Å². The third-order valence-electron chi connectivity index (χ3n) is 1.16. The molecule has 1 N–H and O–H groups in total. The van der Waals surface area contributed by atoms with Gasteiger partial charge in [-0.05, 0) is 19.1 Å². The zero-order valence-corrected chi connectivity index (χ0v) is 5.94. The highest BCUT2D eigenvalue weighted by molar-refractivity contribution is 5.61. The van der Waals surface area contributed by atoms with Crippen LogP contribution in [0.4, 0.5) is 4.79 Å². The Labute approximate surface area is 63.5 Å². The fraction of sp³-hybridized carbons (Fsp3) is 0.143. The van der Waals surface area contributed by atoms with Gasteiger partial charge in [0.1, 0.15) is 0 Å². The molecule has 0 atom stereocenters. The molecule has 58 valence electrons. The molecule has 0 aromatic carbocycles. The standard InChI is InChI=1S/C7H7NO3/c1-5-6(11-7(9)10)3-2-4-8-5/h2-4H,1H3,(H,9,10). The number of ether oxygens (including phenoxy) is 1. The molecule has 1 rings (SSSR count). The number of rotatable bonds is 1. The first kappa shape index (κ1) is 7.53. The van der Waals surface area contributed by atoms with Crippen molar-refractivity contribution in [2.45, 2.75) is 6.92 Å². The summed E-state index contributed by atoms with van der Waals surface area (Å²) in [6.07, 6.45) is 0.255. The summed E-state index contributed by atoms with van der Waals surface area (Å²) in [5.74, 6) is 0.278. The highest BCUT2D eigenvalue weighted by Crippen LogP contribution is 2.12. The molecule has 4 nitrogen and oxygen atoms in total. The number of carbonyl (C=O) groups is 1. The van der Waals surface area contributed by atoms with Crippen LogP contribution in [0.2, 0.25) is 0 Å². The van der Waals surface area contributed by atoms with Crippen molar-refractivity contribution >= 4 is 6.16 Å². The highest BCUT2D eigenvalue weighted by Gasteiger charge is 2.02. The van der Waals surface area contributed by atoms with Crippen molar-refractivity contribution in [2.75, 3.05) is 0 Å². The van der Waals surface area contributed by atoms with Gasteiger partial charge in [0, 0.05) is 6.20 Å². The minimum absolute atomic E-state index is 0.278. The first-order valence-electron chi connectivity index (χ1n) is 3.02. The molecule has 0 bridgehead atoms. The van der Waals surface area contributed by atoms with Gasteiger partial charge in [-0.25, -0.2) is 4.79 Å². The zero-order chi connectivity index (χ0) is 8.27. The molecule has 0 spiro atoms. The molecule has 0 aliphatic heterocycles. The second-order valence-corrected chi connectivity index (χ2v) is 1.95. The van der Waals surface area contributed by atoms with E-state index in [-0.39, 0.29) is 5.75 Å². The van der Waals surface area contributed by atoms with E-state index in [1.165, 1.54) is 0 Å². The van der Waals surface area contributed by atoms with Gasteiger partial charge in [0.15, 0.2) is 5.75 Å². The van der Waals surface area contributed by atoms with Gasteiger partial charge in [-0.1, -0.05) is 0 Å². The molecule has 0 amide bonds. The molecule has 4 heteroatoms. The molecular formula is C7H7NO3. The largest absolute Gasteiger partial charge is 0.511 e. The smallest absolute Gasteiger partial charge is 0.449 e. The molecule has 1 aromatic rings. The van der Waals surface area contributed by atoms with Crippen LogP contribution < -0.4 is 4.74 Å². The quantitative estimate of drug-likeness (QED) is 0.620.